The Morgan fingerprint density at radius 3 is 2.56 bits per heavy atom. The van der Waals surface area contributed by atoms with E-state index in [-0.39, 0.29) is 11.3 Å². The number of nitrogens with two attached hydrogens (primary N) is 1. The SMILES string of the molecule is Cc1nn(-c2ccc(C(=O)O)c(N)c2)c(C)c1Cl. The van der Waals surface area contributed by atoms with Gasteiger partial charge in [0.15, 0.2) is 0 Å². The third-order valence-electron chi connectivity index (χ3n) is 2.71. The van der Waals surface area contributed by atoms with Crippen LogP contribution in [0.4, 0.5) is 5.69 Å². The minimum atomic E-state index is -1.05. The van der Waals surface area contributed by atoms with Gasteiger partial charge in [0.2, 0.25) is 0 Å². The highest BCUT2D eigenvalue weighted by Gasteiger charge is 2.13. The second-order valence-electron chi connectivity index (χ2n) is 3.97. The van der Waals surface area contributed by atoms with Gasteiger partial charge >= 0.3 is 5.97 Å². The maximum atomic E-state index is 10.9. The second-order valence-corrected chi connectivity index (χ2v) is 4.35. The first-order valence-corrected chi connectivity index (χ1v) is 5.64. The number of anilines is 1. The van der Waals surface area contributed by atoms with Gasteiger partial charge in [0, 0.05) is 5.69 Å². The molecule has 2 aromatic rings. The van der Waals surface area contributed by atoms with Gasteiger partial charge in [0.1, 0.15) is 0 Å². The monoisotopic (exact) mass is 265 g/mol. The summed E-state index contributed by atoms with van der Waals surface area (Å²) >= 11 is 6.06. The molecular weight excluding hydrogens is 254 g/mol. The van der Waals surface area contributed by atoms with Crippen LogP contribution in [0.3, 0.4) is 0 Å². The van der Waals surface area contributed by atoms with Gasteiger partial charge < -0.3 is 10.8 Å². The minimum absolute atomic E-state index is 0.0754. The molecule has 0 aliphatic heterocycles. The van der Waals surface area contributed by atoms with Crippen LogP contribution in [0.2, 0.25) is 5.02 Å². The number of rotatable bonds is 2. The van der Waals surface area contributed by atoms with Crippen molar-refractivity contribution in [2.24, 2.45) is 0 Å². The van der Waals surface area contributed by atoms with Crippen molar-refractivity contribution in [1.82, 2.24) is 9.78 Å². The lowest BCUT2D eigenvalue weighted by atomic mass is 10.1. The number of aromatic carboxylic acids is 1. The molecule has 0 atom stereocenters. The molecule has 6 heteroatoms. The van der Waals surface area contributed by atoms with Crippen molar-refractivity contribution in [3.8, 4) is 5.69 Å². The van der Waals surface area contributed by atoms with Gasteiger partial charge in [-0.05, 0) is 32.0 Å². The van der Waals surface area contributed by atoms with E-state index in [1.54, 1.807) is 23.7 Å². The lowest BCUT2D eigenvalue weighted by Gasteiger charge is -2.07. The number of nitrogens with zero attached hydrogens (tertiary/aromatic N) is 2. The highest BCUT2D eigenvalue weighted by Crippen LogP contribution is 2.24. The van der Waals surface area contributed by atoms with E-state index in [0.717, 1.165) is 11.4 Å². The van der Waals surface area contributed by atoms with E-state index in [4.69, 9.17) is 22.4 Å². The number of hydrogen-bond acceptors (Lipinski definition) is 3. The van der Waals surface area contributed by atoms with Crippen LogP contribution in [0.15, 0.2) is 18.2 Å². The lowest BCUT2D eigenvalue weighted by Crippen LogP contribution is -2.05. The van der Waals surface area contributed by atoms with Crippen LogP contribution in [0.1, 0.15) is 21.7 Å². The van der Waals surface area contributed by atoms with Crippen molar-refractivity contribution in [3.63, 3.8) is 0 Å². The molecule has 0 aliphatic rings. The molecule has 94 valence electrons. The average molecular weight is 266 g/mol. The van der Waals surface area contributed by atoms with E-state index >= 15 is 0 Å². The molecule has 0 spiro atoms. The smallest absolute Gasteiger partial charge is 0.337 e. The van der Waals surface area contributed by atoms with Gasteiger partial charge in [-0.1, -0.05) is 11.6 Å². The third kappa shape index (κ3) is 1.93. The largest absolute Gasteiger partial charge is 0.478 e. The minimum Gasteiger partial charge on any atom is -0.478 e. The van der Waals surface area contributed by atoms with Crippen LogP contribution < -0.4 is 5.73 Å². The predicted octanol–water partition coefficient (Wildman–Crippen LogP) is 2.42. The van der Waals surface area contributed by atoms with Gasteiger partial charge in [-0.15, -0.1) is 0 Å². The van der Waals surface area contributed by atoms with E-state index in [2.05, 4.69) is 5.10 Å². The molecule has 0 radical (unpaired) electrons. The molecule has 3 N–H and O–H groups in total. The van der Waals surface area contributed by atoms with E-state index in [0.29, 0.717) is 10.7 Å². The predicted molar refractivity (Wildman–Crippen MR) is 69.4 cm³/mol. The number of carboxylic acids is 1. The molecule has 0 saturated heterocycles. The lowest BCUT2D eigenvalue weighted by molar-refractivity contribution is 0.0698. The quantitative estimate of drug-likeness (QED) is 0.817. The average Bonchev–Trinajstić information content (AvgIpc) is 2.56. The van der Waals surface area contributed by atoms with Gasteiger partial charge in [0.25, 0.3) is 0 Å². The molecule has 18 heavy (non-hydrogen) atoms. The summed E-state index contributed by atoms with van der Waals surface area (Å²) in [7, 11) is 0. The normalized spacial score (nSPS) is 10.6. The van der Waals surface area contributed by atoms with Crippen molar-refractivity contribution in [1.29, 1.82) is 0 Å². The number of nitrogen functional groups attached to an aromatic ring is 1. The van der Waals surface area contributed by atoms with Crippen LogP contribution >= 0.6 is 11.6 Å². The summed E-state index contributed by atoms with van der Waals surface area (Å²) in [5.74, 6) is -1.05. The van der Waals surface area contributed by atoms with Gasteiger partial charge in [0.05, 0.1) is 27.7 Å². The Morgan fingerprint density at radius 2 is 2.11 bits per heavy atom. The summed E-state index contributed by atoms with van der Waals surface area (Å²) in [4.78, 5) is 10.9. The Hall–Kier alpha value is -2.01. The summed E-state index contributed by atoms with van der Waals surface area (Å²) in [5.41, 5.74) is 8.16. The Morgan fingerprint density at radius 1 is 1.44 bits per heavy atom. The van der Waals surface area contributed by atoms with Crippen LogP contribution in [-0.4, -0.2) is 20.9 Å². The first kappa shape index (κ1) is 12.4. The molecule has 5 nitrogen and oxygen atoms in total. The number of aryl methyl sites for hydroxylation is 1. The fourth-order valence-electron chi connectivity index (χ4n) is 1.75. The molecule has 1 aromatic carbocycles. The topological polar surface area (TPSA) is 81.1 Å². The zero-order valence-electron chi connectivity index (χ0n) is 9.94. The third-order valence-corrected chi connectivity index (χ3v) is 3.26. The van der Waals surface area contributed by atoms with E-state index < -0.39 is 5.97 Å². The molecule has 0 bridgehead atoms. The molecule has 0 aliphatic carbocycles. The van der Waals surface area contributed by atoms with E-state index in [1.807, 2.05) is 6.92 Å². The van der Waals surface area contributed by atoms with Crippen molar-refractivity contribution < 1.29 is 9.90 Å². The Labute approximate surface area is 109 Å². The van der Waals surface area contributed by atoms with Crippen LogP contribution in [0.25, 0.3) is 5.69 Å². The molecule has 0 fully saturated rings. The number of carbonyl (C=O) groups is 1. The van der Waals surface area contributed by atoms with Crippen molar-refractivity contribution >= 4 is 23.3 Å². The molecule has 0 amide bonds. The molecule has 1 heterocycles. The fourth-order valence-corrected chi connectivity index (χ4v) is 1.87. The molecule has 1 aromatic heterocycles. The highest BCUT2D eigenvalue weighted by atomic mass is 35.5. The van der Waals surface area contributed by atoms with Gasteiger partial charge in [-0.3, -0.25) is 0 Å². The number of hydrogen-bond donors (Lipinski definition) is 2. The molecule has 0 unspecified atom stereocenters. The van der Waals surface area contributed by atoms with Crippen molar-refractivity contribution in [2.45, 2.75) is 13.8 Å². The molecule has 2 rings (SSSR count). The summed E-state index contributed by atoms with van der Waals surface area (Å²) in [5, 5.41) is 13.8. The second kappa shape index (κ2) is 4.34. The summed E-state index contributed by atoms with van der Waals surface area (Å²) < 4.78 is 1.64. The standard InChI is InChI=1S/C12H12ClN3O2/c1-6-11(13)7(2)16(15-6)8-3-4-9(12(17)18)10(14)5-8/h3-5H,14H2,1-2H3,(H,17,18). The Kier molecular flexibility index (Phi) is 3.00. The Bertz CT molecular complexity index is 634. The number of aromatic nitrogens is 2. The maximum Gasteiger partial charge on any atom is 0.337 e. The maximum absolute atomic E-state index is 10.9. The van der Waals surface area contributed by atoms with Crippen molar-refractivity contribution in [3.05, 3.63) is 40.2 Å². The van der Waals surface area contributed by atoms with Crippen LogP contribution in [0, 0.1) is 13.8 Å². The van der Waals surface area contributed by atoms with E-state index in [9.17, 15) is 4.79 Å². The van der Waals surface area contributed by atoms with Gasteiger partial charge in [-0.2, -0.15) is 5.10 Å². The zero-order valence-corrected chi connectivity index (χ0v) is 10.7. The highest BCUT2D eigenvalue weighted by molar-refractivity contribution is 6.31. The molecular formula is C12H12ClN3O2. The number of carboxylic acid groups (broad SMARTS) is 1. The Balaban J connectivity index is 2.55. The first-order valence-electron chi connectivity index (χ1n) is 5.26. The van der Waals surface area contributed by atoms with Crippen LogP contribution in [0.5, 0.6) is 0 Å². The summed E-state index contributed by atoms with van der Waals surface area (Å²) in [6.45, 7) is 3.64. The first-order chi connectivity index (χ1) is 8.41. The number of halogens is 1. The summed E-state index contributed by atoms with van der Waals surface area (Å²) in [6, 6.07) is 4.67. The molecule has 0 saturated carbocycles. The fraction of sp³-hybridized carbons (Fsp3) is 0.167. The van der Waals surface area contributed by atoms with Crippen molar-refractivity contribution in [2.75, 3.05) is 5.73 Å². The van der Waals surface area contributed by atoms with E-state index in [1.165, 1.54) is 6.07 Å². The number of benzene rings is 1. The van der Waals surface area contributed by atoms with Gasteiger partial charge in [-0.25, -0.2) is 9.48 Å². The summed E-state index contributed by atoms with van der Waals surface area (Å²) in [6.07, 6.45) is 0. The zero-order chi connectivity index (χ0) is 13.4. The van der Waals surface area contributed by atoms with Crippen LogP contribution in [-0.2, 0) is 0 Å².